The zero-order valence-corrected chi connectivity index (χ0v) is 12.7. The number of carbonyl (C=O) groups is 1. The Balaban J connectivity index is 2.16. The third kappa shape index (κ3) is 3.61. The Morgan fingerprint density at radius 1 is 1.38 bits per heavy atom. The lowest BCUT2D eigenvalue weighted by Gasteiger charge is -2.15. The first-order chi connectivity index (χ1) is 10.2. The molecule has 0 aliphatic heterocycles. The second-order valence-electron chi connectivity index (χ2n) is 5.16. The SMILES string of the molecule is CCCNC(CCn1c(CC)nc2ccccc21)C(=O)O. The molecule has 0 spiro atoms. The first-order valence-corrected chi connectivity index (χ1v) is 7.57. The zero-order chi connectivity index (χ0) is 15.2. The van der Waals surface area contributed by atoms with E-state index in [1.807, 2.05) is 31.2 Å². The molecule has 2 N–H and O–H groups in total. The van der Waals surface area contributed by atoms with Gasteiger partial charge in [0.15, 0.2) is 0 Å². The molecule has 0 saturated carbocycles. The molecule has 114 valence electrons. The summed E-state index contributed by atoms with van der Waals surface area (Å²) in [7, 11) is 0. The van der Waals surface area contributed by atoms with Gasteiger partial charge in [-0.3, -0.25) is 4.79 Å². The molecule has 0 fully saturated rings. The molecule has 0 aliphatic rings. The van der Waals surface area contributed by atoms with Gasteiger partial charge in [-0.05, 0) is 31.5 Å². The summed E-state index contributed by atoms with van der Waals surface area (Å²) >= 11 is 0. The lowest BCUT2D eigenvalue weighted by atomic mass is 10.2. The Labute approximate surface area is 125 Å². The molecule has 1 heterocycles. The van der Waals surface area contributed by atoms with Gasteiger partial charge in [-0.15, -0.1) is 0 Å². The van der Waals surface area contributed by atoms with Crippen LogP contribution in [-0.4, -0.2) is 33.2 Å². The smallest absolute Gasteiger partial charge is 0.320 e. The van der Waals surface area contributed by atoms with Gasteiger partial charge in [0, 0.05) is 13.0 Å². The molecule has 5 heteroatoms. The number of nitrogens with zero attached hydrogens (tertiary/aromatic N) is 2. The molecule has 5 nitrogen and oxygen atoms in total. The standard InChI is InChI=1S/C16H23N3O2/c1-3-10-17-13(16(20)21)9-11-19-14-8-6-5-7-12(14)18-15(19)4-2/h5-8,13,17H,3-4,9-11H2,1-2H3,(H,20,21). The molecule has 0 saturated heterocycles. The molecule has 1 atom stereocenters. The molecule has 1 aromatic carbocycles. The van der Waals surface area contributed by atoms with Crippen molar-refractivity contribution in [2.45, 2.75) is 45.7 Å². The van der Waals surface area contributed by atoms with E-state index in [4.69, 9.17) is 0 Å². The molecule has 0 aliphatic carbocycles. The summed E-state index contributed by atoms with van der Waals surface area (Å²) in [6.45, 7) is 5.49. The minimum absolute atomic E-state index is 0.504. The van der Waals surface area contributed by atoms with Crippen molar-refractivity contribution in [3.63, 3.8) is 0 Å². The molecule has 1 unspecified atom stereocenters. The quantitative estimate of drug-likeness (QED) is 0.783. The largest absolute Gasteiger partial charge is 0.480 e. The number of carboxylic acids is 1. The molecule has 2 aromatic rings. The molecule has 0 amide bonds. The number of para-hydroxylation sites is 2. The van der Waals surface area contributed by atoms with Crippen molar-refractivity contribution in [2.24, 2.45) is 0 Å². The highest BCUT2D eigenvalue weighted by Crippen LogP contribution is 2.17. The van der Waals surface area contributed by atoms with Crippen LogP contribution < -0.4 is 5.32 Å². The third-order valence-electron chi connectivity index (χ3n) is 3.63. The predicted octanol–water partition coefficient (Wildman–Crippen LogP) is 2.44. The normalized spacial score (nSPS) is 12.7. The topological polar surface area (TPSA) is 67.2 Å². The van der Waals surface area contributed by atoms with Crippen LogP contribution in [0.5, 0.6) is 0 Å². The minimum atomic E-state index is -0.786. The second kappa shape index (κ2) is 7.22. The monoisotopic (exact) mass is 289 g/mol. The van der Waals surface area contributed by atoms with Gasteiger partial charge >= 0.3 is 5.97 Å². The van der Waals surface area contributed by atoms with E-state index in [2.05, 4.69) is 21.8 Å². The highest BCUT2D eigenvalue weighted by atomic mass is 16.4. The highest BCUT2D eigenvalue weighted by Gasteiger charge is 2.17. The van der Waals surface area contributed by atoms with Gasteiger partial charge in [-0.25, -0.2) is 4.98 Å². The summed E-state index contributed by atoms with van der Waals surface area (Å²) in [6.07, 6.45) is 2.33. The summed E-state index contributed by atoms with van der Waals surface area (Å²) < 4.78 is 2.14. The third-order valence-corrected chi connectivity index (χ3v) is 3.63. The van der Waals surface area contributed by atoms with Gasteiger partial charge in [0.2, 0.25) is 0 Å². The fourth-order valence-electron chi connectivity index (χ4n) is 2.53. The van der Waals surface area contributed by atoms with Gasteiger partial charge in [0.25, 0.3) is 0 Å². The minimum Gasteiger partial charge on any atom is -0.480 e. The van der Waals surface area contributed by atoms with Crippen LogP contribution in [0.3, 0.4) is 0 Å². The van der Waals surface area contributed by atoms with Crippen LogP contribution in [0.25, 0.3) is 11.0 Å². The summed E-state index contributed by atoms with van der Waals surface area (Å²) in [5.74, 6) is 0.224. The van der Waals surface area contributed by atoms with E-state index in [0.717, 1.165) is 36.2 Å². The molecule has 0 radical (unpaired) electrons. The fourth-order valence-corrected chi connectivity index (χ4v) is 2.53. The van der Waals surface area contributed by atoms with E-state index in [-0.39, 0.29) is 0 Å². The predicted molar refractivity (Wildman–Crippen MR) is 83.4 cm³/mol. The second-order valence-corrected chi connectivity index (χ2v) is 5.16. The average Bonchev–Trinajstić information content (AvgIpc) is 2.85. The molecule has 21 heavy (non-hydrogen) atoms. The molecular weight excluding hydrogens is 266 g/mol. The van der Waals surface area contributed by atoms with Crippen LogP contribution in [0, 0.1) is 0 Å². The maximum Gasteiger partial charge on any atom is 0.320 e. The van der Waals surface area contributed by atoms with Crippen molar-refractivity contribution in [1.82, 2.24) is 14.9 Å². The number of hydrogen-bond acceptors (Lipinski definition) is 3. The molecule has 1 aromatic heterocycles. The van der Waals surface area contributed by atoms with E-state index in [1.165, 1.54) is 0 Å². The molecule has 2 rings (SSSR count). The highest BCUT2D eigenvalue weighted by molar-refractivity contribution is 5.76. The first kappa shape index (κ1) is 15.5. The van der Waals surface area contributed by atoms with E-state index < -0.39 is 12.0 Å². The van der Waals surface area contributed by atoms with Gasteiger partial charge in [-0.2, -0.15) is 0 Å². The van der Waals surface area contributed by atoms with Crippen LogP contribution in [0.1, 0.15) is 32.5 Å². The maximum atomic E-state index is 11.3. The number of aryl methyl sites for hydroxylation is 2. The van der Waals surface area contributed by atoms with Crippen molar-refractivity contribution in [3.8, 4) is 0 Å². The number of nitrogens with one attached hydrogen (secondary N) is 1. The van der Waals surface area contributed by atoms with Crippen molar-refractivity contribution < 1.29 is 9.90 Å². The number of hydrogen-bond donors (Lipinski definition) is 2. The van der Waals surface area contributed by atoms with Crippen molar-refractivity contribution in [3.05, 3.63) is 30.1 Å². The Morgan fingerprint density at radius 2 is 2.14 bits per heavy atom. The molecular formula is C16H23N3O2. The number of aliphatic carboxylic acids is 1. The summed E-state index contributed by atoms with van der Waals surface area (Å²) in [6, 6.07) is 7.49. The van der Waals surface area contributed by atoms with E-state index in [0.29, 0.717) is 13.0 Å². The Kier molecular flexibility index (Phi) is 5.33. The van der Waals surface area contributed by atoms with Crippen LogP contribution in [0.15, 0.2) is 24.3 Å². The zero-order valence-electron chi connectivity index (χ0n) is 12.7. The lowest BCUT2D eigenvalue weighted by Crippen LogP contribution is -2.38. The number of carboxylic acid groups (broad SMARTS) is 1. The number of fused-ring (bicyclic) bond motifs is 1. The van der Waals surface area contributed by atoms with Crippen molar-refractivity contribution >= 4 is 17.0 Å². The van der Waals surface area contributed by atoms with E-state index in [9.17, 15) is 9.90 Å². The van der Waals surface area contributed by atoms with Crippen molar-refractivity contribution in [2.75, 3.05) is 6.54 Å². The summed E-state index contributed by atoms with van der Waals surface area (Å²) in [5.41, 5.74) is 2.05. The first-order valence-electron chi connectivity index (χ1n) is 7.57. The van der Waals surface area contributed by atoms with Crippen LogP contribution in [0.2, 0.25) is 0 Å². The van der Waals surface area contributed by atoms with E-state index in [1.54, 1.807) is 0 Å². The lowest BCUT2D eigenvalue weighted by molar-refractivity contribution is -0.139. The average molecular weight is 289 g/mol. The van der Waals surface area contributed by atoms with Crippen LogP contribution in [0.4, 0.5) is 0 Å². The Morgan fingerprint density at radius 3 is 2.81 bits per heavy atom. The molecule has 0 bridgehead atoms. The van der Waals surface area contributed by atoms with Gasteiger partial charge < -0.3 is 15.0 Å². The number of rotatable bonds is 8. The number of aromatic nitrogens is 2. The van der Waals surface area contributed by atoms with Crippen LogP contribution in [-0.2, 0) is 17.8 Å². The van der Waals surface area contributed by atoms with E-state index >= 15 is 0 Å². The summed E-state index contributed by atoms with van der Waals surface area (Å²) in [5, 5.41) is 12.4. The summed E-state index contributed by atoms with van der Waals surface area (Å²) in [4.78, 5) is 15.9. The number of benzene rings is 1. The number of imidazole rings is 1. The van der Waals surface area contributed by atoms with Gasteiger partial charge in [-0.1, -0.05) is 26.0 Å². The maximum absolute atomic E-state index is 11.3. The van der Waals surface area contributed by atoms with Gasteiger partial charge in [0.1, 0.15) is 11.9 Å². The Bertz CT molecular complexity index is 607. The van der Waals surface area contributed by atoms with Gasteiger partial charge in [0.05, 0.1) is 11.0 Å². The van der Waals surface area contributed by atoms with Crippen molar-refractivity contribution in [1.29, 1.82) is 0 Å². The van der Waals surface area contributed by atoms with Crippen LogP contribution >= 0.6 is 0 Å². The fraction of sp³-hybridized carbons (Fsp3) is 0.500. The Hall–Kier alpha value is -1.88.